The minimum Gasteiger partial charge on any atom is -0.433 e. The molecule has 1 N–H and O–H groups in total. The van der Waals surface area contributed by atoms with Crippen LogP contribution in [0.3, 0.4) is 0 Å². The molecule has 0 unspecified atom stereocenters. The highest BCUT2D eigenvalue weighted by Crippen LogP contribution is 2.48. The number of ether oxygens (including phenoxy) is 2. The zero-order valence-corrected chi connectivity index (χ0v) is 15.7. The predicted molar refractivity (Wildman–Crippen MR) is 94.9 cm³/mol. The molecule has 0 bridgehead atoms. The smallest absolute Gasteiger partial charge is 0.416 e. The molecule has 1 saturated heterocycles. The first kappa shape index (κ1) is 20.4. The topological polar surface area (TPSA) is 55.8 Å². The van der Waals surface area contributed by atoms with Crippen LogP contribution in [0, 0.1) is 5.41 Å². The number of hydrogen-bond donors (Lipinski definition) is 1. The minimum atomic E-state index is -4.50. The molecule has 1 aliphatic heterocycles. The van der Waals surface area contributed by atoms with Gasteiger partial charge in [0.15, 0.2) is 0 Å². The number of esters is 1. The second kappa shape index (κ2) is 6.90. The van der Waals surface area contributed by atoms with Gasteiger partial charge in [-0.1, -0.05) is 63.2 Å². The fourth-order valence-corrected chi connectivity index (χ4v) is 3.07. The summed E-state index contributed by atoms with van der Waals surface area (Å²) < 4.78 is 49.9. The Kier molecular flexibility index (Phi) is 5.02. The summed E-state index contributed by atoms with van der Waals surface area (Å²) >= 11 is 0. The van der Waals surface area contributed by atoms with Crippen LogP contribution in [-0.4, -0.2) is 17.4 Å². The number of cyclic esters (lactones) is 1. The number of aliphatic hydroxyl groups excluding tert-OH is 1. The number of rotatable bonds is 3. The van der Waals surface area contributed by atoms with E-state index >= 15 is 0 Å². The average Bonchev–Trinajstić information content (AvgIpc) is 3.00. The van der Waals surface area contributed by atoms with E-state index < -0.39 is 41.1 Å². The van der Waals surface area contributed by atoms with Crippen molar-refractivity contribution in [3.63, 3.8) is 0 Å². The van der Waals surface area contributed by atoms with Crippen LogP contribution in [0.25, 0.3) is 0 Å². The van der Waals surface area contributed by atoms with Crippen LogP contribution in [0.1, 0.15) is 43.6 Å². The van der Waals surface area contributed by atoms with Gasteiger partial charge >= 0.3 is 12.1 Å². The normalized spacial score (nSPS) is 24.1. The van der Waals surface area contributed by atoms with Gasteiger partial charge in [0.1, 0.15) is 6.10 Å². The van der Waals surface area contributed by atoms with Crippen LogP contribution >= 0.6 is 0 Å². The first-order valence-corrected chi connectivity index (χ1v) is 8.76. The van der Waals surface area contributed by atoms with Gasteiger partial charge in [-0.25, -0.2) is 4.79 Å². The maximum atomic E-state index is 12.9. The third kappa shape index (κ3) is 3.52. The summed E-state index contributed by atoms with van der Waals surface area (Å²) in [6, 6.07) is 12.3. The Balaban J connectivity index is 2.07. The molecular weight excluding hydrogens is 373 g/mol. The van der Waals surface area contributed by atoms with Gasteiger partial charge in [0, 0.05) is 5.41 Å². The summed E-state index contributed by atoms with van der Waals surface area (Å²) in [6.45, 7) is 5.45. The third-order valence-corrected chi connectivity index (χ3v) is 4.66. The van der Waals surface area contributed by atoms with E-state index in [4.69, 9.17) is 9.47 Å². The first-order valence-electron chi connectivity index (χ1n) is 8.76. The lowest BCUT2D eigenvalue weighted by Crippen LogP contribution is -2.41. The number of carbonyl (C=O) groups excluding carboxylic acids is 1. The molecule has 1 fully saturated rings. The van der Waals surface area contributed by atoms with Crippen molar-refractivity contribution < 1.29 is 32.5 Å². The zero-order chi connectivity index (χ0) is 20.7. The minimum absolute atomic E-state index is 0.114. The summed E-state index contributed by atoms with van der Waals surface area (Å²) in [4.78, 5) is 12.9. The fraction of sp³-hybridized carbons (Fsp3) is 0.381. The molecule has 1 aliphatic rings. The molecule has 0 spiro atoms. The SMILES string of the molecule is CC(C)(C)[C@@H]1OC(=O)[C@@](c2ccccc2)([C@@H](O)c2ccc(C(F)(F)F)cc2)O1. The summed E-state index contributed by atoms with van der Waals surface area (Å²) in [5.74, 6) is -0.786. The molecule has 7 heteroatoms. The molecule has 0 amide bonds. The van der Waals surface area contributed by atoms with Crippen molar-refractivity contribution in [2.24, 2.45) is 5.41 Å². The van der Waals surface area contributed by atoms with Crippen LogP contribution in [0.5, 0.6) is 0 Å². The van der Waals surface area contributed by atoms with Crippen molar-refractivity contribution in [2.45, 2.75) is 44.9 Å². The highest BCUT2D eigenvalue weighted by atomic mass is 19.4. The number of halogens is 3. The quantitative estimate of drug-likeness (QED) is 0.775. The van der Waals surface area contributed by atoms with Crippen molar-refractivity contribution in [1.29, 1.82) is 0 Å². The Bertz CT molecular complexity index is 841. The highest BCUT2D eigenvalue weighted by molar-refractivity contribution is 5.84. The predicted octanol–water partition coefficient (Wildman–Crippen LogP) is 4.58. The van der Waals surface area contributed by atoms with Crippen molar-refractivity contribution in [2.75, 3.05) is 0 Å². The van der Waals surface area contributed by atoms with Crippen LogP contribution in [0.2, 0.25) is 0 Å². The lowest BCUT2D eigenvalue weighted by molar-refractivity contribution is -0.176. The summed E-state index contributed by atoms with van der Waals surface area (Å²) in [5.41, 5.74) is -2.81. The van der Waals surface area contributed by atoms with Crippen molar-refractivity contribution in [3.05, 3.63) is 71.3 Å². The van der Waals surface area contributed by atoms with Gasteiger partial charge in [-0.15, -0.1) is 0 Å². The van der Waals surface area contributed by atoms with Crippen LogP contribution in [0.4, 0.5) is 13.2 Å². The Morgan fingerprint density at radius 1 is 1.00 bits per heavy atom. The largest absolute Gasteiger partial charge is 0.433 e. The van der Waals surface area contributed by atoms with Crippen LogP contribution in [-0.2, 0) is 26.0 Å². The summed E-state index contributed by atoms with van der Waals surface area (Å²) in [7, 11) is 0. The molecule has 2 aromatic carbocycles. The molecule has 0 aliphatic carbocycles. The number of alkyl halides is 3. The molecule has 3 rings (SSSR count). The Morgan fingerprint density at radius 3 is 2.04 bits per heavy atom. The monoisotopic (exact) mass is 394 g/mol. The first-order chi connectivity index (χ1) is 13.0. The standard InChI is InChI=1S/C21H21F3O4/c1-19(2,3)18-27-17(26)20(28-18,14-7-5-4-6-8-14)16(25)13-9-11-15(12-10-13)21(22,23)24/h4-12,16,18,25H,1-3H3/t16-,18+,20+/m0/s1. The molecule has 3 atom stereocenters. The summed E-state index contributed by atoms with van der Waals surface area (Å²) in [5, 5.41) is 11.1. The molecule has 150 valence electrons. The molecular formula is C21H21F3O4. The molecule has 28 heavy (non-hydrogen) atoms. The third-order valence-electron chi connectivity index (χ3n) is 4.66. The number of aliphatic hydroxyl groups is 1. The van der Waals surface area contributed by atoms with Gasteiger partial charge in [-0.05, 0) is 23.3 Å². The van der Waals surface area contributed by atoms with Crippen molar-refractivity contribution >= 4 is 5.97 Å². The maximum absolute atomic E-state index is 12.9. The number of benzene rings is 2. The van der Waals surface area contributed by atoms with E-state index in [0.717, 1.165) is 24.3 Å². The number of carbonyl (C=O) groups is 1. The number of hydrogen-bond acceptors (Lipinski definition) is 4. The molecule has 0 aromatic heterocycles. The van der Waals surface area contributed by atoms with Crippen molar-refractivity contribution in [1.82, 2.24) is 0 Å². The fourth-order valence-electron chi connectivity index (χ4n) is 3.07. The lowest BCUT2D eigenvalue weighted by atomic mass is 9.84. The molecule has 0 saturated carbocycles. The zero-order valence-electron chi connectivity index (χ0n) is 15.7. The van der Waals surface area contributed by atoms with Gasteiger partial charge in [0.2, 0.25) is 11.9 Å². The molecule has 4 nitrogen and oxygen atoms in total. The van der Waals surface area contributed by atoms with E-state index in [-0.39, 0.29) is 5.56 Å². The Hall–Kier alpha value is -2.38. The van der Waals surface area contributed by atoms with E-state index in [9.17, 15) is 23.1 Å². The highest BCUT2D eigenvalue weighted by Gasteiger charge is 2.59. The average molecular weight is 394 g/mol. The van der Waals surface area contributed by atoms with Gasteiger partial charge in [-0.3, -0.25) is 0 Å². The van der Waals surface area contributed by atoms with E-state index in [2.05, 4.69) is 0 Å². The van der Waals surface area contributed by atoms with Gasteiger partial charge < -0.3 is 14.6 Å². The van der Waals surface area contributed by atoms with Gasteiger partial charge in [-0.2, -0.15) is 13.2 Å². The van der Waals surface area contributed by atoms with E-state index in [1.165, 1.54) is 0 Å². The summed E-state index contributed by atoms with van der Waals surface area (Å²) in [6.07, 6.45) is -6.98. The van der Waals surface area contributed by atoms with E-state index in [0.29, 0.717) is 5.56 Å². The van der Waals surface area contributed by atoms with Crippen LogP contribution in [0.15, 0.2) is 54.6 Å². The Labute approximate surface area is 160 Å². The van der Waals surface area contributed by atoms with Crippen LogP contribution < -0.4 is 0 Å². The van der Waals surface area contributed by atoms with Gasteiger partial charge in [0.05, 0.1) is 5.56 Å². The van der Waals surface area contributed by atoms with E-state index in [1.807, 2.05) is 20.8 Å². The van der Waals surface area contributed by atoms with Gasteiger partial charge in [0.25, 0.3) is 0 Å². The second-order valence-corrected chi connectivity index (χ2v) is 7.85. The lowest BCUT2D eigenvalue weighted by Gasteiger charge is -2.32. The molecule has 2 aromatic rings. The van der Waals surface area contributed by atoms with Crippen molar-refractivity contribution in [3.8, 4) is 0 Å². The second-order valence-electron chi connectivity index (χ2n) is 7.85. The maximum Gasteiger partial charge on any atom is 0.416 e. The molecule has 1 heterocycles. The Morgan fingerprint density at radius 2 is 1.57 bits per heavy atom. The molecule has 0 radical (unpaired) electrons. The van der Waals surface area contributed by atoms with E-state index in [1.54, 1.807) is 30.3 Å².